The molecule has 0 bridgehead atoms. The second kappa shape index (κ2) is 7.31. The van der Waals surface area contributed by atoms with E-state index in [-0.39, 0.29) is 6.10 Å². The minimum atomic E-state index is -0.696. The predicted octanol–water partition coefficient (Wildman–Crippen LogP) is 1.18. The predicted molar refractivity (Wildman–Crippen MR) is 68.1 cm³/mol. The largest absolute Gasteiger partial charge is 0.386 e. The lowest BCUT2D eigenvalue weighted by atomic mass is 9.97. The van der Waals surface area contributed by atoms with Crippen molar-refractivity contribution < 1.29 is 14.6 Å². The first-order valence-corrected chi connectivity index (χ1v) is 6.67. The molecular weight excluding hydrogens is 218 g/mol. The molecule has 0 amide bonds. The van der Waals surface area contributed by atoms with Crippen LogP contribution in [-0.4, -0.2) is 49.7 Å². The number of rotatable bonds is 8. The Kier molecular flexibility index (Phi) is 6.41. The van der Waals surface area contributed by atoms with Crippen LogP contribution in [-0.2, 0) is 9.47 Å². The van der Waals surface area contributed by atoms with E-state index in [9.17, 15) is 5.11 Å². The van der Waals surface area contributed by atoms with E-state index in [0.717, 1.165) is 26.0 Å². The highest BCUT2D eigenvalue weighted by Crippen LogP contribution is 2.24. The minimum absolute atomic E-state index is 0.0724. The molecule has 1 saturated heterocycles. The summed E-state index contributed by atoms with van der Waals surface area (Å²) in [5.74, 6) is 0.695. The molecule has 2 N–H and O–H groups in total. The topological polar surface area (TPSA) is 50.7 Å². The van der Waals surface area contributed by atoms with Gasteiger partial charge in [-0.1, -0.05) is 13.8 Å². The summed E-state index contributed by atoms with van der Waals surface area (Å²) < 4.78 is 10.9. The zero-order valence-electron chi connectivity index (χ0n) is 11.4. The zero-order valence-corrected chi connectivity index (χ0v) is 11.4. The quantitative estimate of drug-likeness (QED) is 0.631. The molecule has 17 heavy (non-hydrogen) atoms. The van der Waals surface area contributed by atoms with Gasteiger partial charge >= 0.3 is 0 Å². The van der Waals surface area contributed by atoms with Crippen molar-refractivity contribution in [2.24, 2.45) is 5.92 Å². The lowest BCUT2D eigenvalue weighted by molar-refractivity contribution is -0.0269. The summed E-state index contributed by atoms with van der Waals surface area (Å²) in [5.41, 5.74) is -0.696. The molecule has 0 aliphatic carbocycles. The van der Waals surface area contributed by atoms with Gasteiger partial charge < -0.3 is 19.9 Å². The molecule has 0 aromatic carbocycles. The molecule has 4 heteroatoms. The fourth-order valence-corrected chi connectivity index (χ4v) is 1.87. The molecule has 1 heterocycles. The van der Waals surface area contributed by atoms with Crippen LogP contribution in [0.5, 0.6) is 0 Å². The number of ether oxygens (including phenoxy) is 2. The molecule has 0 radical (unpaired) electrons. The van der Waals surface area contributed by atoms with Crippen LogP contribution in [0.25, 0.3) is 0 Å². The average Bonchev–Trinajstić information content (AvgIpc) is 2.58. The highest BCUT2D eigenvalue weighted by atomic mass is 16.5. The van der Waals surface area contributed by atoms with Crippen LogP contribution < -0.4 is 5.32 Å². The Bertz CT molecular complexity index is 211. The molecule has 0 aromatic heterocycles. The summed E-state index contributed by atoms with van der Waals surface area (Å²) in [4.78, 5) is 0. The first-order chi connectivity index (χ1) is 8.04. The lowest BCUT2D eigenvalue weighted by Crippen LogP contribution is -2.46. The van der Waals surface area contributed by atoms with Gasteiger partial charge in [0.1, 0.15) is 5.60 Å². The Labute approximate surface area is 105 Å². The van der Waals surface area contributed by atoms with Gasteiger partial charge in [-0.05, 0) is 19.3 Å². The van der Waals surface area contributed by atoms with Crippen molar-refractivity contribution in [2.45, 2.75) is 45.3 Å². The molecule has 1 fully saturated rings. The van der Waals surface area contributed by atoms with Crippen molar-refractivity contribution in [3.63, 3.8) is 0 Å². The van der Waals surface area contributed by atoms with Gasteiger partial charge in [0.25, 0.3) is 0 Å². The average molecular weight is 245 g/mol. The van der Waals surface area contributed by atoms with Gasteiger partial charge in [-0.15, -0.1) is 0 Å². The molecule has 0 saturated carbocycles. The Balaban J connectivity index is 1.97. The fraction of sp³-hybridized carbons (Fsp3) is 1.00. The normalized spacial score (nSPS) is 29.1. The Morgan fingerprint density at radius 3 is 2.82 bits per heavy atom. The minimum Gasteiger partial charge on any atom is -0.386 e. The van der Waals surface area contributed by atoms with E-state index in [2.05, 4.69) is 19.2 Å². The number of nitrogens with one attached hydrogen (secondary N) is 1. The number of aliphatic hydroxyl groups is 1. The maximum Gasteiger partial charge on any atom is 0.105 e. The van der Waals surface area contributed by atoms with E-state index in [1.807, 2.05) is 6.92 Å². The van der Waals surface area contributed by atoms with Gasteiger partial charge in [0.15, 0.2) is 0 Å². The van der Waals surface area contributed by atoms with Crippen molar-refractivity contribution >= 4 is 0 Å². The molecule has 2 unspecified atom stereocenters. The summed E-state index contributed by atoms with van der Waals surface area (Å²) in [5, 5.41) is 13.4. The van der Waals surface area contributed by atoms with Gasteiger partial charge in [-0.2, -0.15) is 0 Å². The third-order valence-electron chi connectivity index (χ3n) is 3.35. The van der Waals surface area contributed by atoms with Gasteiger partial charge in [0, 0.05) is 32.7 Å². The standard InChI is InChI=1S/C13H27NO3/c1-11(2)4-7-16-9-6-14-10-13(15)5-8-17-12(13)3/h11-12,14-15H,4-10H2,1-3H3. The molecule has 2 atom stereocenters. The van der Waals surface area contributed by atoms with Crippen molar-refractivity contribution in [3.8, 4) is 0 Å². The van der Waals surface area contributed by atoms with E-state index < -0.39 is 5.60 Å². The van der Waals surface area contributed by atoms with Gasteiger partial charge in [-0.25, -0.2) is 0 Å². The zero-order chi connectivity index (χ0) is 12.7. The van der Waals surface area contributed by atoms with E-state index in [1.54, 1.807) is 0 Å². The first kappa shape index (κ1) is 14.9. The SMILES string of the molecule is CC(C)CCOCCNCC1(O)CCOC1C. The molecule has 102 valence electrons. The van der Waals surface area contributed by atoms with E-state index >= 15 is 0 Å². The van der Waals surface area contributed by atoms with Crippen LogP contribution in [0.3, 0.4) is 0 Å². The summed E-state index contributed by atoms with van der Waals surface area (Å²) in [6, 6.07) is 0. The van der Waals surface area contributed by atoms with Crippen LogP contribution in [0.15, 0.2) is 0 Å². The summed E-state index contributed by atoms with van der Waals surface area (Å²) in [6.45, 7) is 9.87. The Morgan fingerprint density at radius 1 is 1.47 bits per heavy atom. The maximum absolute atomic E-state index is 10.2. The molecule has 0 spiro atoms. The van der Waals surface area contributed by atoms with E-state index in [1.165, 1.54) is 0 Å². The second-order valence-electron chi connectivity index (χ2n) is 5.34. The van der Waals surface area contributed by atoms with Crippen LogP contribution in [0.1, 0.15) is 33.6 Å². The first-order valence-electron chi connectivity index (χ1n) is 6.67. The van der Waals surface area contributed by atoms with E-state index in [0.29, 0.717) is 25.7 Å². The highest BCUT2D eigenvalue weighted by molar-refractivity contribution is 4.91. The van der Waals surface area contributed by atoms with E-state index in [4.69, 9.17) is 9.47 Å². The van der Waals surface area contributed by atoms with Crippen LogP contribution >= 0.6 is 0 Å². The van der Waals surface area contributed by atoms with Gasteiger partial charge in [0.2, 0.25) is 0 Å². The highest BCUT2D eigenvalue weighted by Gasteiger charge is 2.38. The molecule has 1 aliphatic rings. The van der Waals surface area contributed by atoms with Crippen molar-refractivity contribution in [1.29, 1.82) is 0 Å². The van der Waals surface area contributed by atoms with Gasteiger partial charge in [0.05, 0.1) is 12.7 Å². The molecule has 1 rings (SSSR count). The molecule has 0 aromatic rings. The summed E-state index contributed by atoms with van der Waals surface area (Å²) in [6.07, 6.45) is 1.75. The molecule has 4 nitrogen and oxygen atoms in total. The van der Waals surface area contributed by atoms with Crippen molar-refractivity contribution in [1.82, 2.24) is 5.32 Å². The Morgan fingerprint density at radius 2 is 2.24 bits per heavy atom. The molecular formula is C13H27NO3. The third-order valence-corrected chi connectivity index (χ3v) is 3.35. The maximum atomic E-state index is 10.2. The molecule has 1 aliphatic heterocycles. The summed E-state index contributed by atoms with van der Waals surface area (Å²) >= 11 is 0. The van der Waals surface area contributed by atoms with Crippen LogP contribution in [0, 0.1) is 5.92 Å². The number of hydrogen-bond acceptors (Lipinski definition) is 4. The van der Waals surface area contributed by atoms with Crippen molar-refractivity contribution in [3.05, 3.63) is 0 Å². The van der Waals surface area contributed by atoms with Gasteiger partial charge in [-0.3, -0.25) is 0 Å². The fourth-order valence-electron chi connectivity index (χ4n) is 1.87. The second-order valence-corrected chi connectivity index (χ2v) is 5.34. The summed E-state index contributed by atoms with van der Waals surface area (Å²) in [7, 11) is 0. The van der Waals surface area contributed by atoms with Crippen LogP contribution in [0.4, 0.5) is 0 Å². The van der Waals surface area contributed by atoms with Crippen molar-refractivity contribution in [2.75, 3.05) is 32.9 Å². The van der Waals surface area contributed by atoms with Crippen LogP contribution in [0.2, 0.25) is 0 Å². The third kappa shape index (κ3) is 5.34. The Hall–Kier alpha value is -0.160. The number of hydrogen-bond donors (Lipinski definition) is 2. The smallest absolute Gasteiger partial charge is 0.105 e. The monoisotopic (exact) mass is 245 g/mol. The lowest BCUT2D eigenvalue weighted by Gasteiger charge is -2.26.